The fraction of sp³-hybridized carbons (Fsp3) is 0.286. The summed E-state index contributed by atoms with van der Waals surface area (Å²) in [6.07, 6.45) is 1.27. The zero-order valence-corrected chi connectivity index (χ0v) is 15.7. The maximum atomic E-state index is 9.72. The Kier molecular flexibility index (Phi) is 5.18. The average molecular weight is 381 g/mol. The number of nitrogens with zero attached hydrogens (tertiary/aromatic N) is 1. The van der Waals surface area contributed by atoms with E-state index in [-0.39, 0.29) is 13.2 Å². The van der Waals surface area contributed by atoms with E-state index in [1.165, 1.54) is 0 Å². The third kappa shape index (κ3) is 3.42. The van der Waals surface area contributed by atoms with Crippen LogP contribution in [0.25, 0.3) is 11.3 Å². The Balaban J connectivity index is 1.61. The number of fused-ring (bicyclic) bond motifs is 3. The van der Waals surface area contributed by atoms with Crippen molar-refractivity contribution in [2.24, 2.45) is 0 Å². The number of rotatable bonds is 8. The van der Waals surface area contributed by atoms with Crippen molar-refractivity contribution in [1.29, 1.82) is 0 Å². The Bertz CT molecular complexity index is 984. The van der Waals surface area contributed by atoms with E-state index in [4.69, 9.17) is 14.6 Å². The second-order valence-electron chi connectivity index (χ2n) is 6.66. The van der Waals surface area contributed by atoms with Crippen LogP contribution in [0.3, 0.4) is 0 Å². The van der Waals surface area contributed by atoms with E-state index in [2.05, 4.69) is 15.5 Å². The van der Waals surface area contributed by atoms with Gasteiger partial charge in [0.1, 0.15) is 11.5 Å². The van der Waals surface area contributed by atoms with Gasteiger partial charge in [-0.15, -0.1) is 0 Å². The number of hydrogen-bond acceptors (Lipinski definition) is 6. The molecule has 0 fully saturated rings. The number of ether oxygens (including phenoxy) is 2. The lowest BCUT2D eigenvalue weighted by molar-refractivity contribution is 0.226. The van der Waals surface area contributed by atoms with Crippen molar-refractivity contribution in [3.8, 4) is 22.8 Å². The van der Waals surface area contributed by atoms with Gasteiger partial charge in [-0.3, -0.25) is 5.10 Å². The average Bonchev–Trinajstić information content (AvgIpc) is 3.27. The smallest absolute Gasteiger partial charge is 0.156 e. The quantitative estimate of drug-likeness (QED) is 0.350. The first kappa shape index (κ1) is 18.3. The molecule has 146 valence electrons. The molecule has 28 heavy (non-hydrogen) atoms. The van der Waals surface area contributed by atoms with Crippen LogP contribution in [0.1, 0.15) is 23.1 Å². The molecule has 7 nitrogen and oxygen atoms in total. The highest BCUT2D eigenvalue weighted by Crippen LogP contribution is 2.42. The molecule has 0 saturated carbocycles. The third-order valence-electron chi connectivity index (χ3n) is 4.85. The number of hydrogen-bond donors (Lipinski definition) is 4. The first-order chi connectivity index (χ1) is 13.7. The minimum Gasteiger partial charge on any atom is -0.497 e. The van der Waals surface area contributed by atoms with E-state index in [9.17, 15) is 5.11 Å². The Hall–Kier alpha value is -3.03. The predicted molar refractivity (Wildman–Crippen MR) is 106 cm³/mol. The number of aromatic nitrogens is 2. The zero-order valence-electron chi connectivity index (χ0n) is 15.7. The van der Waals surface area contributed by atoms with Gasteiger partial charge < -0.3 is 25.0 Å². The van der Waals surface area contributed by atoms with Gasteiger partial charge in [-0.2, -0.15) is 5.10 Å². The summed E-state index contributed by atoms with van der Waals surface area (Å²) in [5.41, 5.74) is 5.80. The van der Waals surface area contributed by atoms with Crippen molar-refractivity contribution in [2.75, 3.05) is 25.6 Å². The van der Waals surface area contributed by atoms with Crippen LogP contribution in [0.2, 0.25) is 0 Å². The summed E-state index contributed by atoms with van der Waals surface area (Å²) >= 11 is 0. The molecule has 7 heteroatoms. The monoisotopic (exact) mass is 381 g/mol. The number of nitrogens with one attached hydrogen (secondary N) is 2. The Morgan fingerprint density at radius 2 is 2.11 bits per heavy atom. The molecule has 1 aromatic heterocycles. The molecule has 3 aromatic rings. The van der Waals surface area contributed by atoms with Crippen LogP contribution in [-0.2, 0) is 13.0 Å². The molecule has 0 unspecified atom stereocenters. The molecular formula is C21H23N3O4. The minimum atomic E-state index is -0.111. The number of methoxy groups -OCH3 is 1. The van der Waals surface area contributed by atoms with Crippen LogP contribution in [0, 0.1) is 0 Å². The molecule has 0 bridgehead atoms. The molecule has 0 aliphatic heterocycles. The van der Waals surface area contributed by atoms with Gasteiger partial charge in [-0.1, -0.05) is 6.07 Å². The van der Waals surface area contributed by atoms with E-state index < -0.39 is 0 Å². The molecule has 0 atom stereocenters. The topological polar surface area (TPSA) is 99.6 Å². The zero-order chi connectivity index (χ0) is 19.5. The van der Waals surface area contributed by atoms with Gasteiger partial charge in [-0.05, 0) is 29.8 Å². The maximum absolute atomic E-state index is 9.72. The van der Waals surface area contributed by atoms with Crippen molar-refractivity contribution in [2.45, 2.75) is 19.4 Å². The van der Waals surface area contributed by atoms with Crippen LogP contribution >= 0.6 is 0 Å². The molecule has 1 aliphatic rings. The second-order valence-corrected chi connectivity index (χ2v) is 6.66. The van der Waals surface area contributed by atoms with Gasteiger partial charge in [0.15, 0.2) is 5.82 Å². The van der Waals surface area contributed by atoms with E-state index in [0.717, 1.165) is 51.6 Å². The molecule has 0 radical (unpaired) electrons. The Morgan fingerprint density at radius 1 is 1.21 bits per heavy atom. The summed E-state index contributed by atoms with van der Waals surface area (Å²) in [6.45, 7) is 0.382. The molecule has 4 rings (SSSR count). The number of aliphatic hydroxyl groups excluding tert-OH is 2. The lowest BCUT2D eigenvalue weighted by Gasteiger charge is -2.12. The summed E-state index contributed by atoms with van der Waals surface area (Å²) in [5, 5.41) is 29.6. The predicted octanol–water partition coefficient (Wildman–Crippen LogP) is 2.99. The van der Waals surface area contributed by atoms with Crippen molar-refractivity contribution in [1.82, 2.24) is 10.2 Å². The highest BCUT2D eigenvalue weighted by Gasteiger charge is 2.26. The van der Waals surface area contributed by atoms with Crippen LogP contribution < -0.4 is 14.8 Å². The Morgan fingerprint density at radius 3 is 2.89 bits per heavy atom. The highest BCUT2D eigenvalue weighted by molar-refractivity contribution is 5.81. The number of H-pyrrole nitrogens is 1. The summed E-state index contributed by atoms with van der Waals surface area (Å²) in [6, 6.07) is 11.6. The number of anilines is 2. The molecule has 1 aliphatic carbocycles. The van der Waals surface area contributed by atoms with Gasteiger partial charge in [0.2, 0.25) is 0 Å². The van der Waals surface area contributed by atoms with E-state index >= 15 is 0 Å². The molecular weight excluding hydrogens is 358 g/mol. The van der Waals surface area contributed by atoms with Crippen molar-refractivity contribution in [3.05, 3.63) is 53.1 Å². The van der Waals surface area contributed by atoms with Crippen molar-refractivity contribution >= 4 is 11.5 Å². The lowest BCUT2D eigenvalue weighted by Crippen LogP contribution is -2.03. The SMILES string of the molecule is COc1cccc(Nc2n[nH]c3c2Cc2cc(OCCCO)c(CO)cc2-3)c1. The number of benzene rings is 2. The van der Waals surface area contributed by atoms with Gasteiger partial charge in [-0.25, -0.2) is 0 Å². The fourth-order valence-electron chi connectivity index (χ4n) is 3.44. The van der Waals surface area contributed by atoms with E-state index in [0.29, 0.717) is 18.8 Å². The first-order valence-electron chi connectivity index (χ1n) is 9.22. The van der Waals surface area contributed by atoms with Gasteiger partial charge in [0.25, 0.3) is 0 Å². The first-order valence-corrected chi connectivity index (χ1v) is 9.22. The van der Waals surface area contributed by atoms with Crippen LogP contribution in [0.4, 0.5) is 11.5 Å². The molecule has 1 heterocycles. The minimum absolute atomic E-state index is 0.0783. The van der Waals surface area contributed by atoms with Crippen molar-refractivity contribution < 1.29 is 19.7 Å². The normalized spacial score (nSPS) is 11.8. The molecule has 0 spiro atoms. The van der Waals surface area contributed by atoms with Crippen LogP contribution in [-0.4, -0.2) is 40.7 Å². The maximum Gasteiger partial charge on any atom is 0.156 e. The lowest BCUT2D eigenvalue weighted by atomic mass is 10.0. The molecule has 0 amide bonds. The van der Waals surface area contributed by atoms with Crippen LogP contribution in [0.15, 0.2) is 36.4 Å². The van der Waals surface area contributed by atoms with E-state index in [1.54, 1.807) is 7.11 Å². The Labute approximate surface area is 162 Å². The van der Waals surface area contributed by atoms with Gasteiger partial charge in [0, 0.05) is 47.9 Å². The highest BCUT2D eigenvalue weighted by atomic mass is 16.5. The summed E-state index contributed by atoms with van der Waals surface area (Å²) in [4.78, 5) is 0. The van der Waals surface area contributed by atoms with Gasteiger partial charge >= 0.3 is 0 Å². The summed E-state index contributed by atoms with van der Waals surface area (Å²) in [7, 11) is 1.64. The van der Waals surface area contributed by atoms with Gasteiger partial charge in [0.05, 0.1) is 26.0 Å². The molecule has 4 N–H and O–H groups in total. The fourth-order valence-corrected chi connectivity index (χ4v) is 3.44. The third-order valence-corrected chi connectivity index (χ3v) is 4.85. The van der Waals surface area contributed by atoms with E-state index in [1.807, 2.05) is 36.4 Å². The number of aliphatic hydroxyl groups is 2. The molecule has 2 aromatic carbocycles. The second kappa shape index (κ2) is 7.92. The van der Waals surface area contributed by atoms with Crippen molar-refractivity contribution in [3.63, 3.8) is 0 Å². The van der Waals surface area contributed by atoms with Crippen LogP contribution in [0.5, 0.6) is 11.5 Å². The number of aromatic amines is 1. The summed E-state index contributed by atoms with van der Waals surface area (Å²) in [5.74, 6) is 2.21. The molecule has 0 saturated heterocycles. The standard InChI is InChI=1S/C21H23N3O4/c1-27-16-5-2-4-15(11-16)22-21-18-8-13-10-19(28-7-3-6-25)14(12-26)9-17(13)20(18)23-24-21/h2,4-5,9-11,25-26H,3,6-8,12H2,1H3,(H2,22,23,24). The largest absolute Gasteiger partial charge is 0.497 e. The summed E-state index contributed by atoms with van der Waals surface area (Å²) < 4.78 is 11.0.